The topological polar surface area (TPSA) is 41.1 Å². The predicted octanol–water partition coefficient (Wildman–Crippen LogP) is 2.47. The lowest BCUT2D eigenvalue weighted by atomic mass is 9.95. The van der Waals surface area contributed by atoms with E-state index in [1.54, 1.807) is 0 Å². The fraction of sp³-hybridized carbons (Fsp3) is 0.533. The van der Waals surface area contributed by atoms with Crippen molar-refractivity contribution in [3.05, 3.63) is 35.9 Å². The van der Waals surface area contributed by atoms with E-state index >= 15 is 0 Å². The summed E-state index contributed by atoms with van der Waals surface area (Å²) < 4.78 is 0. The van der Waals surface area contributed by atoms with Crippen molar-refractivity contribution >= 4 is 18.3 Å². The number of carbonyl (C=O) groups is 1. The van der Waals surface area contributed by atoms with Gasteiger partial charge in [0, 0.05) is 12.6 Å². The van der Waals surface area contributed by atoms with Crippen LogP contribution in [0, 0.1) is 0 Å². The molecule has 1 fully saturated rings. The molecule has 1 saturated heterocycles. The van der Waals surface area contributed by atoms with Gasteiger partial charge in [0.1, 0.15) is 0 Å². The van der Waals surface area contributed by atoms with E-state index < -0.39 is 0 Å². The molecule has 1 aromatic rings. The minimum absolute atomic E-state index is 0. The van der Waals surface area contributed by atoms with Crippen molar-refractivity contribution in [2.75, 3.05) is 13.1 Å². The van der Waals surface area contributed by atoms with Crippen molar-refractivity contribution < 1.29 is 4.79 Å². The molecule has 1 aliphatic rings. The first-order valence-electron chi connectivity index (χ1n) is 6.87. The molecule has 0 radical (unpaired) electrons. The molecule has 3 nitrogen and oxygen atoms in total. The van der Waals surface area contributed by atoms with Gasteiger partial charge in [0.15, 0.2) is 0 Å². The van der Waals surface area contributed by atoms with Crippen molar-refractivity contribution in [2.45, 2.75) is 38.1 Å². The summed E-state index contributed by atoms with van der Waals surface area (Å²) in [5, 5.41) is 6.49. The quantitative estimate of drug-likeness (QED) is 0.891. The number of rotatable bonds is 4. The molecule has 1 aromatic carbocycles. The molecule has 106 valence electrons. The monoisotopic (exact) mass is 282 g/mol. The number of piperidine rings is 1. The van der Waals surface area contributed by atoms with Crippen LogP contribution in [0.15, 0.2) is 30.3 Å². The first-order valence-corrected chi connectivity index (χ1v) is 6.87. The molecule has 0 saturated carbocycles. The molecule has 2 N–H and O–H groups in total. The Labute approximate surface area is 121 Å². The first-order chi connectivity index (χ1) is 8.81. The van der Waals surface area contributed by atoms with Crippen LogP contribution in [0.1, 0.15) is 37.7 Å². The maximum atomic E-state index is 12.3. The number of amides is 1. The van der Waals surface area contributed by atoms with E-state index in [-0.39, 0.29) is 24.2 Å². The molecular formula is C15H23ClN2O. The normalized spacial score (nSPS) is 20.2. The van der Waals surface area contributed by atoms with E-state index in [4.69, 9.17) is 0 Å². The zero-order chi connectivity index (χ0) is 12.8. The van der Waals surface area contributed by atoms with Crippen molar-refractivity contribution in [3.8, 4) is 0 Å². The van der Waals surface area contributed by atoms with E-state index in [0.717, 1.165) is 37.9 Å². The lowest BCUT2D eigenvalue weighted by molar-refractivity contribution is -0.123. The van der Waals surface area contributed by atoms with E-state index in [1.807, 2.05) is 30.3 Å². The average molecular weight is 283 g/mol. The number of carbonyl (C=O) groups excluding carboxylic acids is 1. The van der Waals surface area contributed by atoms with Crippen molar-refractivity contribution in [1.29, 1.82) is 0 Å². The summed E-state index contributed by atoms with van der Waals surface area (Å²) in [5.74, 6) is 0.144. The van der Waals surface area contributed by atoms with Crippen LogP contribution in [-0.4, -0.2) is 25.0 Å². The smallest absolute Gasteiger partial charge is 0.227 e. The third kappa shape index (κ3) is 4.51. The molecule has 0 bridgehead atoms. The fourth-order valence-corrected chi connectivity index (χ4v) is 2.53. The second-order valence-corrected chi connectivity index (χ2v) is 4.92. The molecule has 0 spiro atoms. The van der Waals surface area contributed by atoms with Crippen LogP contribution in [0.2, 0.25) is 0 Å². The highest BCUT2D eigenvalue weighted by molar-refractivity contribution is 5.85. The molecule has 1 unspecified atom stereocenters. The predicted molar refractivity (Wildman–Crippen MR) is 80.8 cm³/mol. The number of hydrogen-bond acceptors (Lipinski definition) is 2. The van der Waals surface area contributed by atoms with E-state index in [0.29, 0.717) is 6.04 Å². The Hall–Kier alpha value is -1.06. The van der Waals surface area contributed by atoms with Gasteiger partial charge in [0.05, 0.1) is 5.92 Å². The van der Waals surface area contributed by atoms with Crippen LogP contribution >= 0.6 is 12.4 Å². The molecular weight excluding hydrogens is 260 g/mol. The first kappa shape index (κ1) is 16.0. The highest BCUT2D eigenvalue weighted by atomic mass is 35.5. The highest BCUT2D eigenvalue weighted by Crippen LogP contribution is 2.19. The van der Waals surface area contributed by atoms with Gasteiger partial charge in [0.2, 0.25) is 5.91 Å². The van der Waals surface area contributed by atoms with Gasteiger partial charge in [0.25, 0.3) is 0 Å². The fourth-order valence-electron chi connectivity index (χ4n) is 2.53. The van der Waals surface area contributed by atoms with Gasteiger partial charge in [-0.1, -0.05) is 37.3 Å². The summed E-state index contributed by atoms with van der Waals surface area (Å²) in [4.78, 5) is 12.3. The van der Waals surface area contributed by atoms with Gasteiger partial charge in [-0.2, -0.15) is 0 Å². The molecule has 0 aromatic heterocycles. The molecule has 1 amide bonds. The van der Waals surface area contributed by atoms with Crippen LogP contribution in [0.25, 0.3) is 0 Å². The number of halogens is 1. The number of hydrogen-bond donors (Lipinski definition) is 2. The van der Waals surface area contributed by atoms with Crippen LogP contribution in [0.3, 0.4) is 0 Å². The Morgan fingerprint density at radius 2 is 2.16 bits per heavy atom. The lowest BCUT2D eigenvalue weighted by Gasteiger charge is -2.26. The maximum absolute atomic E-state index is 12.3. The minimum atomic E-state index is -0.0203. The summed E-state index contributed by atoms with van der Waals surface area (Å²) in [6, 6.07) is 10.3. The number of nitrogens with one attached hydrogen (secondary N) is 2. The molecule has 2 atom stereocenters. The van der Waals surface area contributed by atoms with Crippen molar-refractivity contribution in [3.63, 3.8) is 0 Å². The number of benzene rings is 1. The zero-order valence-corrected chi connectivity index (χ0v) is 12.2. The van der Waals surface area contributed by atoms with E-state index in [1.165, 1.54) is 0 Å². The minimum Gasteiger partial charge on any atom is -0.352 e. The van der Waals surface area contributed by atoms with Crippen molar-refractivity contribution in [2.24, 2.45) is 0 Å². The van der Waals surface area contributed by atoms with Crippen LogP contribution < -0.4 is 10.6 Å². The van der Waals surface area contributed by atoms with Crippen LogP contribution in [0.5, 0.6) is 0 Å². The van der Waals surface area contributed by atoms with Gasteiger partial charge in [-0.25, -0.2) is 0 Å². The molecule has 4 heteroatoms. The van der Waals surface area contributed by atoms with Gasteiger partial charge in [-0.3, -0.25) is 4.79 Å². The Kier molecular flexibility index (Phi) is 6.89. The zero-order valence-electron chi connectivity index (χ0n) is 11.4. The Balaban J connectivity index is 0.00000180. The van der Waals surface area contributed by atoms with Gasteiger partial charge in [-0.05, 0) is 31.4 Å². The highest BCUT2D eigenvalue weighted by Gasteiger charge is 2.22. The van der Waals surface area contributed by atoms with E-state index in [9.17, 15) is 4.79 Å². The Morgan fingerprint density at radius 3 is 2.74 bits per heavy atom. The maximum Gasteiger partial charge on any atom is 0.227 e. The van der Waals surface area contributed by atoms with Gasteiger partial charge in [-0.15, -0.1) is 12.4 Å². The third-order valence-corrected chi connectivity index (χ3v) is 3.57. The van der Waals surface area contributed by atoms with Crippen LogP contribution in [-0.2, 0) is 4.79 Å². The second-order valence-electron chi connectivity index (χ2n) is 4.92. The summed E-state index contributed by atoms with van der Waals surface area (Å²) >= 11 is 0. The molecule has 1 heterocycles. The lowest BCUT2D eigenvalue weighted by Crippen LogP contribution is -2.47. The molecule has 0 aliphatic carbocycles. The summed E-state index contributed by atoms with van der Waals surface area (Å²) in [6.45, 7) is 4.04. The largest absolute Gasteiger partial charge is 0.352 e. The van der Waals surface area contributed by atoms with Crippen LogP contribution in [0.4, 0.5) is 0 Å². The van der Waals surface area contributed by atoms with Gasteiger partial charge < -0.3 is 10.6 Å². The Bertz CT molecular complexity index is 377. The summed E-state index contributed by atoms with van der Waals surface area (Å²) in [7, 11) is 0. The van der Waals surface area contributed by atoms with E-state index in [2.05, 4.69) is 17.6 Å². The summed E-state index contributed by atoms with van der Waals surface area (Å²) in [6.07, 6.45) is 3.08. The van der Waals surface area contributed by atoms with Crippen molar-refractivity contribution in [1.82, 2.24) is 10.6 Å². The summed E-state index contributed by atoms with van der Waals surface area (Å²) in [5.41, 5.74) is 1.11. The molecule has 1 aliphatic heterocycles. The molecule has 2 rings (SSSR count). The van der Waals surface area contributed by atoms with Gasteiger partial charge >= 0.3 is 0 Å². The second kappa shape index (κ2) is 8.18. The SMILES string of the molecule is CCC(C(=O)N[C@@H]1CCCNC1)c1ccccc1.Cl. The third-order valence-electron chi connectivity index (χ3n) is 3.57. The average Bonchev–Trinajstić information content (AvgIpc) is 2.42. The molecule has 19 heavy (non-hydrogen) atoms. The Morgan fingerprint density at radius 1 is 1.42 bits per heavy atom. The standard InChI is InChI=1S/C15H22N2O.ClH/c1-2-14(12-7-4-3-5-8-12)15(18)17-13-9-6-10-16-11-13;/h3-5,7-8,13-14,16H,2,6,9-11H2,1H3,(H,17,18);1H/t13-,14?;/m1./s1.